The first-order chi connectivity index (χ1) is 24.0. The summed E-state index contributed by atoms with van der Waals surface area (Å²) in [6, 6.07) is 18.8. The summed E-state index contributed by atoms with van der Waals surface area (Å²) in [5.41, 5.74) is 2.80. The zero-order valence-corrected chi connectivity index (χ0v) is 27.9. The van der Waals surface area contributed by atoms with E-state index < -0.39 is 0 Å². The molecule has 2 N–H and O–H groups in total. The van der Waals surface area contributed by atoms with Gasteiger partial charge in [0.05, 0.1) is 33.1 Å². The number of carbonyl (C=O) groups excluding carboxylic acids is 2. The molecular weight excluding hydrogens is 626 g/mol. The molecule has 2 atom stereocenters. The Morgan fingerprint density at radius 3 is 2.67 bits per heavy atom. The van der Waals surface area contributed by atoms with Gasteiger partial charge in [0.2, 0.25) is 5.91 Å². The van der Waals surface area contributed by atoms with Crippen LogP contribution in [0.2, 0.25) is 0 Å². The molecular formula is C37H43N5O7. The molecule has 49 heavy (non-hydrogen) atoms. The van der Waals surface area contributed by atoms with Crippen LogP contribution in [-0.2, 0) is 35.6 Å². The number of rotatable bonds is 8. The van der Waals surface area contributed by atoms with Crippen LogP contribution in [0.15, 0.2) is 79.4 Å². The van der Waals surface area contributed by atoms with E-state index in [0.717, 1.165) is 29.0 Å². The summed E-state index contributed by atoms with van der Waals surface area (Å²) in [7, 11) is 3.15. The topological polar surface area (TPSA) is 125 Å². The van der Waals surface area contributed by atoms with Gasteiger partial charge in [-0.05, 0) is 48.7 Å². The van der Waals surface area contributed by atoms with Crippen LogP contribution in [-0.4, -0.2) is 78.9 Å². The highest BCUT2D eigenvalue weighted by Gasteiger charge is 2.33. The maximum Gasteiger partial charge on any atom is 0.258 e. The normalized spacial score (nSPS) is 18.7. The quantitative estimate of drug-likeness (QED) is 0.289. The molecule has 0 saturated carbocycles. The lowest BCUT2D eigenvalue weighted by Gasteiger charge is -2.39. The Kier molecular flexibility index (Phi) is 11.2. The van der Waals surface area contributed by atoms with Crippen LogP contribution in [0, 0.1) is 0 Å². The molecule has 0 unspecified atom stereocenters. The second-order valence-corrected chi connectivity index (χ2v) is 12.1. The predicted octanol–water partition coefficient (Wildman–Crippen LogP) is 3.76. The molecule has 0 aliphatic carbocycles. The van der Waals surface area contributed by atoms with Crippen molar-refractivity contribution in [1.82, 2.24) is 25.1 Å². The van der Waals surface area contributed by atoms with Gasteiger partial charge in [-0.2, -0.15) is 0 Å². The van der Waals surface area contributed by atoms with Crippen molar-refractivity contribution in [3.8, 4) is 28.7 Å². The summed E-state index contributed by atoms with van der Waals surface area (Å²) < 4.78 is 31.8. The van der Waals surface area contributed by atoms with Crippen LogP contribution in [0.5, 0.6) is 28.7 Å². The van der Waals surface area contributed by atoms with E-state index in [9.17, 15) is 9.59 Å². The minimum Gasteiger partial charge on any atom is -0.496 e. The van der Waals surface area contributed by atoms with Gasteiger partial charge >= 0.3 is 0 Å². The van der Waals surface area contributed by atoms with Crippen molar-refractivity contribution in [2.45, 2.75) is 51.0 Å². The number of aromatic nitrogens is 2. The standard InChI is InChI=1S/C37H43N5O7/c1-45-33-11-7-26-8-12-36(43)39-21-27-9-10-29(20-34(27)46-2)49-32-13-15-42(23-30(32)40-37(44)24-48-35(33)19-26)22-28-5-3-4-6-31(28)47-18-17-41-16-14-38-25-41/h3-7,9-11,14,16,19-20,25,30,32H,8,12-13,15,17-18,21-24H2,1-2H3,(H,39,43)(H,40,44)/t30-,32+/m1/s1. The highest BCUT2D eigenvalue weighted by atomic mass is 16.5. The minimum absolute atomic E-state index is 0.0868. The molecule has 3 aromatic carbocycles. The molecule has 4 heterocycles. The van der Waals surface area contributed by atoms with Crippen LogP contribution < -0.4 is 34.3 Å². The van der Waals surface area contributed by atoms with Gasteiger partial charge in [-0.3, -0.25) is 14.5 Å². The van der Waals surface area contributed by atoms with E-state index in [2.05, 4.69) is 26.6 Å². The average molecular weight is 670 g/mol. The van der Waals surface area contributed by atoms with Crippen molar-refractivity contribution >= 4 is 11.8 Å². The van der Waals surface area contributed by atoms with E-state index in [0.29, 0.717) is 68.6 Å². The number of aryl methyl sites for hydroxylation is 1. The number of benzene rings is 3. The van der Waals surface area contributed by atoms with Gasteiger partial charge in [0, 0.05) is 62.2 Å². The third-order valence-corrected chi connectivity index (χ3v) is 8.76. The van der Waals surface area contributed by atoms with Crippen LogP contribution in [0.4, 0.5) is 0 Å². The molecule has 0 radical (unpaired) electrons. The Hall–Kier alpha value is -5.23. The first-order valence-electron chi connectivity index (χ1n) is 16.6. The van der Waals surface area contributed by atoms with E-state index in [-0.39, 0.29) is 37.0 Å². The Labute approximate surface area is 286 Å². The zero-order valence-electron chi connectivity index (χ0n) is 27.9. The summed E-state index contributed by atoms with van der Waals surface area (Å²) in [4.78, 5) is 32.5. The summed E-state index contributed by atoms with van der Waals surface area (Å²) in [5, 5.41) is 6.17. The summed E-state index contributed by atoms with van der Waals surface area (Å²) >= 11 is 0. The summed E-state index contributed by atoms with van der Waals surface area (Å²) in [6.45, 7) is 3.29. The lowest BCUT2D eigenvalue weighted by molar-refractivity contribution is -0.125. The number of ether oxygens (including phenoxy) is 5. The van der Waals surface area contributed by atoms with Crippen molar-refractivity contribution in [2.24, 2.45) is 0 Å². The Morgan fingerprint density at radius 1 is 0.959 bits per heavy atom. The number of hydrogen-bond acceptors (Lipinski definition) is 9. The Balaban J connectivity index is 1.20. The number of nitrogens with zero attached hydrogens (tertiary/aromatic N) is 3. The smallest absolute Gasteiger partial charge is 0.258 e. The molecule has 12 heteroatoms. The summed E-state index contributed by atoms with van der Waals surface area (Å²) in [5.74, 6) is 2.66. The van der Waals surface area contributed by atoms with Gasteiger partial charge in [0.1, 0.15) is 30.0 Å². The highest BCUT2D eigenvalue weighted by molar-refractivity contribution is 5.78. The molecule has 1 fully saturated rings. The average Bonchev–Trinajstić information content (AvgIpc) is 3.64. The van der Waals surface area contributed by atoms with Gasteiger partial charge in [0.15, 0.2) is 18.1 Å². The van der Waals surface area contributed by atoms with Crippen molar-refractivity contribution in [1.29, 1.82) is 0 Å². The van der Waals surface area contributed by atoms with Gasteiger partial charge in [0.25, 0.3) is 5.91 Å². The first kappa shape index (κ1) is 33.7. The second-order valence-electron chi connectivity index (χ2n) is 12.1. The first-order valence-corrected chi connectivity index (χ1v) is 16.6. The fourth-order valence-electron chi connectivity index (χ4n) is 6.16. The van der Waals surface area contributed by atoms with Gasteiger partial charge < -0.3 is 38.9 Å². The molecule has 0 spiro atoms. The van der Waals surface area contributed by atoms with Crippen molar-refractivity contribution in [2.75, 3.05) is 40.5 Å². The monoisotopic (exact) mass is 669 g/mol. The number of imidazole rings is 1. The number of carbonyl (C=O) groups is 2. The number of nitrogens with one attached hydrogen (secondary N) is 2. The third-order valence-electron chi connectivity index (χ3n) is 8.76. The minimum atomic E-state index is -0.334. The fraction of sp³-hybridized carbons (Fsp3) is 0.378. The van der Waals surface area contributed by atoms with Gasteiger partial charge in [-0.1, -0.05) is 24.3 Å². The molecule has 1 aromatic heterocycles. The molecule has 3 aliphatic heterocycles. The number of amides is 2. The van der Waals surface area contributed by atoms with Crippen molar-refractivity contribution < 1.29 is 33.3 Å². The number of para-hydroxylation sites is 1. The van der Waals surface area contributed by atoms with Gasteiger partial charge in [-0.25, -0.2) is 4.98 Å². The Bertz CT molecular complexity index is 1710. The number of likely N-dealkylation sites (tertiary alicyclic amines) is 1. The van der Waals surface area contributed by atoms with Crippen LogP contribution in [0.25, 0.3) is 0 Å². The highest BCUT2D eigenvalue weighted by Crippen LogP contribution is 2.30. The lowest BCUT2D eigenvalue weighted by Crippen LogP contribution is -2.57. The SMILES string of the molecule is COc1cc2ccc1CNC(=O)CCc1ccc(OC)c(c1)OCC(=O)N[C@@H]1CN(Cc3ccccc3OCCn3ccnc3)CC[C@@H]1O2. The van der Waals surface area contributed by atoms with Crippen LogP contribution >= 0.6 is 0 Å². The lowest BCUT2D eigenvalue weighted by atomic mass is 10.0. The van der Waals surface area contributed by atoms with Crippen molar-refractivity contribution in [3.63, 3.8) is 0 Å². The maximum absolute atomic E-state index is 13.4. The van der Waals surface area contributed by atoms with Gasteiger partial charge in [-0.15, -0.1) is 0 Å². The second kappa shape index (κ2) is 16.2. The predicted molar refractivity (Wildman–Crippen MR) is 182 cm³/mol. The molecule has 1 saturated heterocycles. The summed E-state index contributed by atoms with van der Waals surface area (Å²) in [6.07, 6.45) is 6.60. The van der Waals surface area contributed by atoms with E-state index >= 15 is 0 Å². The van der Waals surface area contributed by atoms with E-state index in [1.807, 2.05) is 59.3 Å². The number of fused-ring (bicyclic) bond motifs is 9. The molecule has 258 valence electrons. The number of hydrogen-bond donors (Lipinski definition) is 2. The Morgan fingerprint density at radius 2 is 1.84 bits per heavy atom. The molecule has 7 rings (SSSR count). The molecule has 4 aromatic rings. The van der Waals surface area contributed by atoms with E-state index in [1.54, 1.807) is 32.8 Å². The number of piperidine rings is 1. The van der Waals surface area contributed by atoms with E-state index in [4.69, 9.17) is 23.7 Å². The third kappa shape index (κ3) is 9.02. The fourth-order valence-corrected chi connectivity index (χ4v) is 6.16. The largest absolute Gasteiger partial charge is 0.496 e. The molecule has 12 nitrogen and oxygen atoms in total. The van der Waals surface area contributed by atoms with E-state index in [1.165, 1.54) is 0 Å². The molecule has 2 amide bonds. The number of methoxy groups -OCH3 is 2. The van der Waals surface area contributed by atoms with Crippen LogP contribution in [0.1, 0.15) is 29.5 Å². The maximum atomic E-state index is 13.4. The molecule has 4 bridgehead atoms. The van der Waals surface area contributed by atoms with Crippen molar-refractivity contribution in [3.05, 3.63) is 96.1 Å². The molecule has 3 aliphatic rings. The van der Waals surface area contributed by atoms with Crippen LogP contribution in [0.3, 0.4) is 0 Å². The zero-order chi connectivity index (χ0) is 34.0.